The van der Waals surface area contributed by atoms with Gasteiger partial charge in [-0.25, -0.2) is 15.8 Å². The molecule has 0 saturated carbocycles. The van der Waals surface area contributed by atoms with Gasteiger partial charge in [0.15, 0.2) is 25.5 Å². The molecule has 0 aliphatic rings. The number of nitrogens with one attached hydrogen (secondary N) is 2. The monoisotopic (exact) mass is 655 g/mol. The van der Waals surface area contributed by atoms with Crippen molar-refractivity contribution in [3.05, 3.63) is 186 Å². The first-order valence-electron chi connectivity index (χ1n) is 16.2. The lowest BCUT2D eigenvalue weighted by Crippen LogP contribution is -2.35. The number of aromatic nitrogens is 3. The lowest BCUT2D eigenvalue weighted by Gasteiger charge is -2.05. The third-order valence-electron chi connectivity index (χ3n) is 8.26. The second-order valence-corrected chi connectivity index (χ2v) is 11.6. The van der Waals surface area contributed by atoms with E-state index >= 15 is 0 Å². The molecular weight excluding hydrogens is 622 g/mol. The van der Waals surface area contributed by atoms with Crippen LogP contribution in [0.5, 0.6) is 0 Å². The van der Waals surface area contributed by atoms with Gasteiger partial charge in [0.2, 0.25) is 11.0 Å². The average molecular weight is 656 g/mol. The van der Waals surface area contributed by atoms with Crippen molar-refractivity contribution >= 4 is 46.0 Å². The minimum Gasteiger partial charge on any atom is -0.266 e. The third-order valence-corrected chi connectivity index (χ3v) is 8.26. The second-order valence-electron chi connectivity index (χ2n) is 11.6. The number of hydrogen-bond donors (Lipinski definition) is 2. The molecule has 0 unspecified atom stereocenters. The molecule has 2 N–H and O–H groups in total. The molecule has 0 radical (unpaired) electrons. The quantitative estimate of drug-likeness (QED) is 0.114. The van der Waals surface area contributed by atoms with Gasteiger partial charge in [0.1, 0.15) is 11.4 Å². The van der Waals surface area contributed by atoms with E-state index in [1.165, 1.54) is 23.3 Å². The number of hydrogen-bond acceptors (Lipinski definition) is 5. The Morgan fingerprint density at radius 2 is 0.940 bits per heavy atom. The molecule has 3 heterocycles. The molecule has 2 amide bonds. The highest BCUT2D eigenvalue weighted by molar-refractivity contribution is 6.00. The zero-order valence-electron chi connectivity index (χ0n) is 27.1. The zero-order valence-corrected chi connectivity index (χ0v) is 27.1. The van der Waals surface area contributed by atoms with Crippen molar-refractivity contribution in [3.8, 4) is 0 Å². The van der Waals surface area contributed by atoms with E-state index in [4.69, 9.17) is 0 Å². The number of amides is 2. The van der Waals surface area contributed by atoms with E-state index in [-0.39, 0.29) is 11.4 Å². The summed E-state index contributed by atoms with van der Waals surface area (Å²) >= 11 is 0. The van der Waals surface area contributed by atoms with E-state index in [1.807, 2.05) is 97.3 Å². The number of benzene rings is 4. The molecule has 7 aromatic rings. The van der Waals surface area contributed by atoms with Gasteiger partial charge in [0.25, 0.3) is 11.8 Å². The fourth-order valence-corrected chi connectivity index (χ4v) is 5.80. The zero-order chi connectivity index (χ0) is 34.1. The summed E-state index contributed by atoms with van der Waals surface area (Å²) in [7, 11) is 0. The number of hydrazone groups is 2. The van der Waals surface area contributed by atoms with Gasteiger partial charge in [0, 0.05) is 46.5 Å². The maximum atomic E-state index is 12.9. The third kappa shape index (κ3) is 7.32. The van der Waals surface area contributed by atoms with Crippen molar-refractivity contribution in [2.24, 2.45) is 10.2 Å². The SMILES string of the molecule is O=C(NN=Cc1cc[n+](Cc2ccccc2)c2ccccc12)c1cccc(C(=O)NN=Cc2cc[n+](Cc3ccccc3)c3ccccc23)n1. The summed E-state index contributed by atoms with van der Waals surface area (Å²) in [6.45, 7) is 1.46. The van der Waals surface area contributed by atoms with Crippen LogP contribution in [-0.4, -0.2) is 29.2 Å². The van der Waals surface area contributed by atoms with Crippen LogP contribution < -0.4 is 20.0 Å². The van der Waals surface area contributed by atoms with Crippen LogP contribution in [0.15, 0.2) is 162 Å². The van der Waals surface area contributed by atoms with Crippen molar-refractivity contribution in [2.45, 2.75) is 13.1 Å². The Morgan fingerprint density at radius 1 is 0.520 bits per heavy atom. The summed E-state index contributed by atoms with van der Waals surface area (Å²) in [5, 5.41) is 10.4. The van der Waals surface area contributed by atoms with E-state index in [9.17, 15) is 9.59 Å². The molecule has 0 saturated heterocycles. The van der Waals surface area contributed by atoms with Gasteiger partial charge >= 0.3 is 0 Å². The number of pyridine rings is 3. The van der Waals surface area contributed by atoms with Crippen molar-refractivity contribution < 1.29 is 18.7 Å². The van der Waals surface area contributed by atoms with Gasteiger partial charge in [-0.1, -0.05) is 91.0 Å². The molecule has 50 heavy (non-hydrogen) atoms. The minimum atomic E-state index is -0.543. The molecule has 9 nitrogen and oxygen atoms in total. The van der Waals surface area contributed by atoms with Crippen LogP contribution >= 0.6 is 0 Å². The molecule has 0 atom stereocenters. The molecular formula is C41H33N7O2+2. The predicted molar refractivity (Wildman–Crippen MR) is 194 cm³/mol. The summed E-state index contributed by atoms with van der Waals surface area (Å²) < 4.78 is 4.35. The van der Waals surface area contributed by atoms with Crippen molar-refractivity contribution in [1.29, 1.82) is 0 Å². The van der Waals surface area contributed by atoms with E-state index in [0.29, 0.717) is 0 Å². The lowest BCUT2D eigenvalue weighted by atomic mass is 10.1. The Balaban J connectivity index is 1.00. The standard InChI is InChI=1S/C41H31N7O2/c49-40(45-42-26-32-22-24-47(28-30-12-3-1-4-13-30)38-20-9-7-16-34(32)38)36-18-11-19-37(44-36)41(50)46-43-27-33-23-25-48(29-31-14-5-2-6-15-31)39-21-10-8-17-35(33)39/h1-27H,28-29H2/p+2. The van der Waals surface area contributed by atoms with Gasteiger partial charge in [-0.15, -0.1) is 0 Å². The Morgan fingerprint density at radius 3 is 1.40 bits per heavy atom. The number of para-hydroxylation sites is 2. The second kappa shape index (κ2) is 14.9. The molecule has 7 rings (SSSR count). The summed E-state index contributed by atoms with van der Waals surface area (Å²) in [5.74, 6) is -1.09. The molecule has 0 fully saturated rings. The van der Waals surface area contributed by atoms with Crippen LogP contribution in [0.1, 0.15) is 43.2 Å². The van der Waals surface area contributed by atoms with E-state index in [0.717, 1.165) is 46.0 Å². The number of fused-ring (bicyclic) bond motifs is 2. The summed E-state index contributed by atoms with van der Waals surface area (Å²) in [6, 6.07) is 45.2. The highest BCUT2D eigenvalue weighted by Gasteiger charge is 2.15. The topological polar surface area (TPSA) is 104 Å². The molecule has 0 aliphatic heterocycles. The Kier molecular flexibility index (Phi) is 9.46. The molecule has 9 heteroatoms. The van der Waals surface area contributed by atoms with E-state index in [1.54, 1.807) is 18.5 Å². The average Bonchev–Trinajstić information content (AvgIpc) is 3.17. The smallest absolute Gasteiger partial charge is 0.266 e. The Labute approximate surface area is 288 Å². The molecule has 0 aliphatic carbocycles. The number of rotatable bonds is 10. The first kappa shape index (κ1) is 31.7. The Bertz CT molecular complexity index is 2210. The maximum absolute atomic E-state index is 12.9. The fraction of sp³-hybridized carbons (Fsp3) is 0.0488. The van der Waals surface area contributed by atoms with Crippen LogP contribution in [0.4, 0.5) is 0 Å². The van der Waals surface area contributed by atoms with Crippen LogP contribution in [0.3, 0.4) is 0 Å². The number of carbonyl (C=O) groups is 2. The Hall–Kier alpha value is -6.87. The van der Waals surface area contributed by atoms with Crippen LogP contribution in [-0.2, 0) is 13.1 Å². The normalized spacial score (nSPS) is 11.4. The van der Waals surface area contributed by atoms with Gasteiger partial charge < -0.3 is 0 Å². The lowest BCUT2D eigenvalue weighted by molar-refractivity contribution is -0.662. The van der Waals surface area contributed by atoms with E-state index < -0.39 is 11.8 Å². The predicted octanol–water partition coefficient (Wildman–Crippen LogP) is 5.59. The summed E-state index contributed by atoms with van der Waals surface area (Å²) in [4.78, 5) is 30.1. The number of nitrogens with zero attached hydrogens (tertiary/aromatic N) is 5. The van der Waals surface area contributed by atoms with Gasteiger partial charge in [-0.3, -0.25) is 9.59 Å². The van der Waals surface area contributed by atoms with Crippen molar-refractivity contribution in [2.75, 3.05) is 0 Å². The molecule has 0 bridgehead atoms. The van der Waals surface area contributed by atoms with E-state index in [2.05, 4.69) is 71.6 Å². The van der Waals surface area contributed by atoms with Crippen LogP contribution in [0.2, 0.25) is 0 Å². The van der Waals surface area contributed by atoms with Gasteiger partial charge in [0.05, 0.1) is 23.2 Å². The maximum Gasteiger partial charge on any atom is 0.289 e. The van der Waals surface area contributed by atoms with Crippen molar-refractivity contribution in [3.63, 3.8) is 0 Å². The summed E-state index contributed by atoms with van der Waals surface area (Å²) in [5.41, 5.74) is 11.3. The molecule has 4 aromatic carbocycles. The fourth-order valence-electron chi connectivity index (χ4n) is 5.80. The summed E-state index contributed by atoms with van der Waals surface area (Å²) in [6.07, 6.45) is 7.23. The van der Waals surface area contributed by atoms with Crippen molar-refractivity contribution in [1.82, 2.24) is 15.8 Å². The largest absolute Gasteiger partial charge is 0.289 e. The van der Waals surface area contributed by atoms with Crippen LogP contribution in [0, 0.1) is 0 Å². The number of carbonyl (C=O) groups excluding carboxylic acids is 2. The highest BCUT2D eigenvalue weighted by atomic mass is 16.2. The first-order chi connectivity index (χ1) is 24.6. The molecule has 242 valence electrons. The highest BCUT2D eigenvalue weighted by Crippen LogP contribution is 2.16. The molecule has 0 spiro atoms. The van der Waals surface area contributed by atoms with Crippen LogP contribution in [0.25, 0.3) is 21.8 Å². The first-order valence-corrected chi connectivity index (χ1v) is 16.2. The van der Waals surface area contributed by atoms with Gasteiger partial charge in [-0.05, 0) is 24.3 Å². The molecule has 3 aromatic heterocycles. The minimum absolute atomic E-state index is 0.0504. The van der Waals surface area contributed by atoms with Gasteiger partial charge in [-0.2, -0.15) is 19.3 Å².